The van der Waals surface area contributed by atoms with Gasteiger partial charge < -0.3 is 4.57 Å². The van der Waals surface area contributed by atoms with Gasteiger partial charge in [-0.05, 0) is 11.5 Å². The van der Waals surface area contributed by atoms with Gasteiger partial charge in [0.1, 0.15) is 0 Å². The van der Waals surface area contributed by atoms with Crippen LogP contribution in [0.3, 0.4) is 0 Å². The summed E-state index contributed by atoms with van der Waals surface area (Å²) in [6.07, 6.45) is 5.35. The van der Waals surface area contributed by atoms with Crippen molar-refractivity contribution >= 4 is 5.78 Å². The third-order valence-electron chi connectivity index (χ3n) is 3.35. The number of rotatable bonds is 5. The predicted octanol–water partition coefficient (Wildman–Crippen LogP) is 3.53. The van der Waals surface area contributed by atoms with Crippen LogP contribution in [0.15, 0.2) is 43.0 Å². The summed E-state index contributed by atoms with van der Waals surface area (Å²) in [5, 5.41) is 0. The number of Topliss-reactive ketones (excluding diaryl/α,β-unsaturated/α-hetero) is 1. The Balaban J connectivity index is 2.06. The third-order valence-corrected chi connectivity index (χ3v) is 3.35. The highest BCUT2D eigenvalue weighted by Gasteiger charge is 2.15. The van der Waals surface area contributed by atoms with Gasteiger partial charge in [0, 0.05) is 30.4 Å². The maximum Gasteiger partial charge on any atom is 0.167 e. The van der Waals surface area contributed by atoms with E-state index in [1.54, 1.807) is 12.5 Å². The topological polar surface area (TPSA) is 34.9 Å². The van der Waals surface area contributed by atoms with Crippen LogP contribution in [0.2, 0.25) is 0 Å². The number of ketones is 1. The fourth-order valence-electron chi connectivity index (χ4n) is 2.11. The Morgan fingerprint density at radius 3 is 2.42 bits per heavy atom. The van der Waals surface area contributed by atoms with Gasteiger partial charge in [-0.25, -0.2) is 4.98 Å². The summed E-state index contributed by atoms with van der Waals surface area (Å²) in [6, 6.07) is 7.95. The van der Waals surface area contributed by atoms with E-state index in [0.717, 1.165) is 5.56 Å². The smallest absolute Gasteiger partial charge is 0.167 e. The minimum absolute atomic E-state index is 0.0425. The van der Waals surface area contributed by atoms with Crippen molar-refractivity contribution in [3.63, 3.8) is 0 Å². The monoisotopic (exact) mass is 256 g/mol. The number of aromatic nitrogens is 2. The summed E-state index contributed by atoms with van der Waals surface area (Å²) in [7, 11) is 0. The van der Waals surface area contributed by atoms with Crippen LogP contribution in [-0.4, -0.2) is 15.3 Å². The summed E-state index contributed by atoms with van der Waals surface area (Å²) < 4.78 is 1.94. The summed E-state index contributed by atoms with van der Waals surface area (Å²) in [4.78, 5) is 16.3. The van der Waals surface area contributed by atoms with E-state index in [1.165, 1.54) is 5.56 Å². The van der Waals surface area contributed by atoms with Crippen molar-refractivity contribution in [1.82, 2.24) is 9.55 Å². The molecule has 0 saturated carbocycles. The summed E-state index contributed by atoms with van der Waals surface area (Å²) >= 11 is 0. The molecule has 3 heteroatoms. The third kappa shape index (κ3) is 3.31. The van der Waals surface area contributed by atoms with Gasteiger partial charge in [-0.2, -0.15) is 0 Å². The van der Waals surface area contributed by atoms with E-state index in [2.05, 4.69) is 18.8 Å². The molecule has 0 amide bonds. The molecule has 0 spiro atoms. The number of hydrogen-bond acceptors (Lipinski definition) is 2. The van der Waals surface area contributed by atoms with Crippen LogP contribution in [0.1, 0.15) is 42.6 Å². The number of benzene rings is 1. The molecule has 100 valence electrons. The molecule has 1 aromatic heterocycles. The van der Waals surface area contributed by atoms with Gasteiger partial charge in [0.2, 0.25) is 0 Å². The fourth-order valence-corrected chi connectivity index (χ4v) is 2.11. The van der Waals surface area contributed by atoms with Crippen molar-refractivity contribution in [2.75, 3.05) is 0 Å². The van der Waals surface area contributed by atoms with Crippen LogP contribution in [0.25, 0.3) is 0 Å². The molecule has 1 aromatic carbocycles. The van der Waals surface area contributed by atoms with Crippen LogP contribution in [0, 0.1) is 5.92 Å². The lowest BCUT2D eigenvalue weighted by molar-refractivity contribution is 0.0918. The molecular weight excluding hydrogens is 236 g/mol. The molecular formula is C16H20N2O. The molecule has 0 aliphatic carbocycles. The maximum atomic E-state index is 12.3. The second-order valence-corrected chi connectivity index (χ2v) is 5.30. The predicted molar refractivity (Wildman–Crippen MR) is 76.3 cm³/mol. The van der Waals surface area contributed by atoms with Crippen LogP contribution in [-0.2, 0) is 6.54 Å². The highest BCUT2D eigenvalue weighted by molar-refractivity contribution is 5.97. The normalized spacial score (nSPS) is 12.6. The van der Waals surface area contributed by atoms with E-state index in [-0.39, 0.29) is 11.7 Å². The van der Waals surface area contributed by atoms with E-state index < -0.39 is 0 Å². The lowest BCUT2D eigenvalue weighted by Gasteiger charge is -2.12. The van der Waals surface area contributed by atoms with Crippen molar-refractivity contribution < 1.29 is 4.79 Å². The molecule has 1 heterocycles. The van der Waals surface area contributed by atoms with Crippen LogP contribution in [0.4, 0.5) is 0 Å². The molecule has 1 atom stereocenters. The quantitative estimate of drug-likeness (QED) is 0.767. The van der Waals surface area contributed by atoms with E-state index >= 15 is 0 Å². The molecule has 0 N–H and O–H groups in total. The zero-order valence-corrected chi connectivity index (χ0v) is 11.7. The molecule has 0 aliphatic heterocycles. The van der Waals surface area contributed by atoms with Gasteiger partial charge in [0.15, 0.2) is 5.78 Å². The number of carbonyl (C=O) groups excluding carboxylic acids is 1. The molecule has 1 unspecified atom stereocenters. The van der Waals surface area contributed by atoms with Gasteiger partial charge >= 0.3 is 0 Å². The van der Waals surface area contributed by atoms with Gasteiger partial charge in [-0.3, -0.25) is 4.79 Å². The Hall–Kier alpha value is -1.90. The van der Waals surface area contributed by atoms with Gasteiger partial charge in [0.05, 0.1) is 6.33 Å². The molecule has 0 bridgehead atoms. The van der Waals surface area contributed by atoms with Gasteiger partial charge in [-0.1, -0.05) is 45.0 Å². The molecule has 2 rings (SSSR count). The van der Waals surface area contributed by atoms with Crippen molar-refractivity contribution in [1.29, 1.82) is 0 Å². The Bertz CT molecular complexity index is 526. The highest BCUT2D eigenvalue weighted by Crippen LogP contribution is 2.17. The highest BCUT2D eigenvalue weighted by atomic mass is 16.1. The zero-order chi connectivity index (χ0) is 13.8. The number of nitrogens with zero attached hydrogens (tertiary/aromatic N) is 2. The van der Waals surface area contributed by atoms with Gasteiger partial charge in [0.25, 0.3) is 0 Å². The first-order valence-electron chi connectivity index (χ1n) is 6.68. The van der Waals surface area contributed by atoms with Crippen molar-refractivity contribution in [2.45, 2.75) is 33.2 Å². The Morgan fingerprint density at radius 1 is 1.21 bits per heavy atom. The molecule has 0 saturated heterocycles. The van der Waals surface area contributed by atoms with E-state index in [0.29, 0.717) is 12.5 Å². The Morgan fingerprint density at radius 2 is 1.89 bits per heavy atom. The minimum atomic E-state index is -0.0425. The second kappa shape index (κ2) is 5.83. The van der Waals surface area contributed by atoms with Crippen molar-refractivity contribution in [3.05, 3.63) is 54.1 Å². The second-order valence-electron chi connectivity index (χ2n) is 5.30. The number of hydrogen-bond donors (Lipinski definition) is 0. The van der Waals surface area contributed by atoms with Crippen LogP contribution < -0.4 is 0 Å². The largest absolute Gasteiger partial charge is 0.337 e. The van der Waals surface area contributed by atoms with Crippen LogP contribution in [0.5, 0.6) is 0 Å². The van der Waals surface area contributed by atoms with Crippen LogP contribution >= 0.6 is 0 Å². The van der Waals surface area contributed by atoms with Gasteiger partial charge in [-0.15, -0.1) is 0 Å². The summed E-state index contributed by atoms with van der Waals surface area (Å²) in [5.74, 6) is 0.635. The molecule has 0 fully saturated rings. The lowest BCUT2D eigenvalue weighted by atomic mass is 9.96. The Labute approximate surface area is 114 Å². The standard InChI is InChI=1S/C16H20N2O/c1-12(2)14-4-6-15(7-5-14)16(19)13(3)10-18-9-8-17-11-18/h4-9,11-13H,10H2,1-3H3. The summed E-state index contributed by atoms with van der Waals surface area (Å²) in [5.41, 5.74) is 2.05. The molecule has 19 heavy (non-hydrogen) atoms. The average molecular weight is 256 g/mol. The zero-order valence-electron chi connectivity index (χ0n) is 11.7. The lowest BCUT2D eigenvalue weighted by Crippen LogP contribution is -2.17. The Kier molecular flexibility index (Phi) is 4.15. The first-order valence-corrected chi connectivity index (χ1v) is 6.68. The van der Waals surface area contributed by atoms with E-state index in [1.807, 2.05) is 42.0 Å². The minimum Gasteiger partial charge on any atom is -0.337 e. The number of imidazole rings is 1. The molecule has 0 aliphatic rings. The van der Waals surface area contributed by atoms with Crippen molar-refractivity contribution in [2.24, 2.45) is 5.92 Å². The molecule has 2 aromatic rings. The first-order chi connectivity index (χ1) is 9.08. The first kappa shape index (κ1) is 13.5. The van der Waals surface area contributed by atoms with E-state index in [9.17, 15) is 4.79 Å². The van der Waals surface area contributed by atoms with E-state index in [4.69, 9.17) is 0 Å². The fraction of sp³-hybridized carbons (Fsp3) is 0.375. The maximum absolute atomic E-state index is 12.3. The average Bonchev–Trinajstić information content (AvgIpc) is 2.90. The number of carbonyl (C=O) groups is 1. The molecule has 0 radical (unpaired) electrons. The summed E-state index contributed by atoms with van der Waals surface area (Å²) in [6.45, 7) is 6.93. The molecule has 3 nitrogen and oxygen atoms in total. The SMILES string of the molecule is CC(Cn1ccnc1)C(=O)c1ccc(C(C)C)cc1. The van der Waals surface area contributed by atoms with Crippen molar-refractivity contribution in [3.8, 4) is 0 Å².